The van der Waals surface area contributed by atoms with Crippen LogP contribution in [-0.2, 0) is 12.8 Å². The normalized spacial score (nSPS) is 12.8. The second kappa shape index (κ2) is 17.8. The number of alkyl halides is 6. The molecular weight excluding hydrogens is 882 g/mol. The fourth-order valence-corrected chi connectivity index (χ4v) is 5.34. The van der Waals surface area contributed by atoms with Gasteiger partial charge in [0.2, 0.25) is 0 Å². The first-order chi connectivity index (χ1) is 24.8. The summed E-state index contributed by atoms with van der Waals surface area (Å²) in [5.41, 5.74) is 12.7. The SMILES string of the molecule is FC(F)(F)C1=Nc2ncc(-c3ccc(Cl)cc3)cc2C1.FC(F)(F)C1=Nc2ncc(Br)cc2C1.Nc1cc(Br)cnc1N.OB(O)c1ccc(Cl)cc1. The van der Waals surface area contributed by atoms with Gasteiger partial charge in [0.1, 0.15) is 17.2 Å². The van der Waals surface area contributed by atoms with Gasteiger partial charge in [-0.3, -0.25) is 0 Å². The summed E-state index contributed by atoms with van der Waals surface area (Å²) in [5.74, 6) is 0.689. The lowest BCUT2D eigenvalue weighted by Crippen LogP contribution is -2.29. The number of aliphatic imine (C=N–C) groups is 2. The molecular formula is C33H24BBr2Cl2F6N7O2. The molecule has 0 saturated heterocycles. The third-order valence-corrected chi connectivity index (χ3v) is 8.34. The van der Waals surface area contributed by atoms with E-state index in [1.807, 2.05) is 0 Å². The Bertz CT molecular complexity index is 2120. The van der Waals surface area contributed by atoms with Crippen molar-refractivity contribution in [1.82, 2.24) is 15.0 Å². The largest absolute Gasteiger partial charge is 0.488 e. The fraction of sp³-hybridized carbons (Fsp3) is 0.121. The molecule has 7 rings (SSSR count). The van der Waals surface area contributed by atoms with E-state index in [9.17, 15) is 26.3 Å². The topological polar surface area (TPSA) is 156 Å². The minimum Gasteiger partial charge on any atom is -0.423 e. The molecule has 53 heavy (non-hydrogen) atoms. The van der Waals surface area contributed by atoms with Crippen LogP contribution in [0.2, 0.25) is 10.0 Å². The summed E-state index contributed by atoms with van der Waals surface area (Å²) in [5, 5.41) is 18.4. The van der Waals surface area contributed by atoms with Gasteiger partial charge in [-0.1, -0.05) is 47.5 Å². The summed E-state index contributed by atoms with van der Waals surface area (Å²) in [6, 6.07) is 18.4. The fourth-order valence-electron chi connectivity index (χ4n) is 4.36. The number of nitrogen functional groups attached to an aromatic ring is 2. The number of fused-ring (bicyclic) bond motifs is 2. The molecule has 0 spiro atoms. The van der Waals surface area contributed by atoms with Gasteiger partial charge >= 0.3 is 19.5 Å². The minimum atomic E-state index is -4.40. The van der Waals surface area contributed by atoms with Crippen molar-refractivity contribution in [1.29, 1.82) is 0 Å². The van der Waals surface area contributed by atoms with E-state index in [2.05, 4.69) is 56.8 Å². The van der Waals surface area contributed by atoms with Crippen LogP contribution in [0.1, 0.15) is 11.1 Å². The minimum absolute atomic E-state index is 0.148. The summed E-state index contributed by atoms with van der Waals surface area (Å²) >= 11 is 17.7. The molecule has 5 aromatic rings. The molecule has 2 aliphatic heterocycles. The summed E-state index contributed by atoms with van der Waals surface area (Å²) in [6.07, 6.45) is -4.62. The maximum absolute atomic E-state index is 12.6. The first kappa shape index (κ1) is 41.7. The third-order valence-electron chi connectivity index (χ3n) is 6.97. The van der Waals surface area contributed by atoms with Crippen LogP contribution in [0.15, 0.2) is 104 Å². The molecule has 0 aliphatic carbocycles. The zero-order valence-electron chi connectivity index (χ0n) is 26.6. The van der Waals surface area contributed by atoms with E-state index in [-0.39, 0.29) is 24.5 Å². The van der Waals surface area contributed by atoms with Crippen molar-refractivity contribution >= 4 is 102 Å². The molecule has 0 unspecified atom stereocenters. The maximum Gasteiger partial charge on any atom is 0.488 e. The third kappa shape index (κ3) is 12.2. The maximum atomic E-state index is 12.6. The van der Waals surface area contributed by atoms with Crippen LogP contribution in [0.5, 0.6) is 0 Å². The van der Waals surface area contributed by atoms with Crippen LogP contribution in [0.4, 0.5) is 49.5 Å². The highest BCUT2D eigenvalue weighted by Crippen LogP contribution is 2.35. The van der Waals surface area contributed by atoms with Crippen LogP contribution < -0.4 is 16.9 Å². The number of benzene rings is 2. The highest BCUT2D eigenvalue weighted by molar-refractivity contribution is 9.10. The quantitative estimate of drug-likeness (QED) is 0.102. The Morgan fingerprint density at radius 2 is 1.08 bits per heavy atom. The first-order valence-corrected chi connectivity index (χ1v) is 17.1. The van der Waals surface area contributed by atoms with Gasteiger partial charge < -0.3 is 21.5 Å². The van der Waals surface area contributed by atoms with Crippen molar-refractivity contribution in [2.45, 2.75) is 25.2 Å². The second-order valence-corrected chi connectivity index (χ2v) is 13.6. The zero-order valence-corrected chi connectivity index (χ0v) is 31.3. The van der Waals surface area contributed by atoms with Crippen molar-refractivity contribution in [2.75, 3.05) is 11.5 Å². The molecule has 6 N–H and O–H groups in total. The van der Waals surface area contributed by atoms with Crippen LogP contribution in [-0.4, -0.2) is 55.9 Å². The molecule has 0 fully saturated rings. The lowest BCUT2D eigenvalue weighted by atomic mass is 9.81. The standard InChI is InChI=1S/C14H8ClF3N2.C8H4BrF3N2.C6H6BClO2.C5H6BrN3/c15-11-3-1-8(2-4-11)10-5-9-6-12(14(16,17)18)20-13(9)19-7-10;9-5-1-4-2-6(8(10,11)12)14-7(4)13-3-5;8-6-3-1-5(2-4-6)7(9)10;6-3-1-4(7)5(8)9-2-3/h1-5,7H,6H2;1,3H,2H2;1-4,9-10H;1-2H,7H2,(H2,8,9). The smallest absolute Gasteiger partial charge is 0.423 e. The second-order valence-electron chi connectivity index (χ2n) is 10.9. The van der Waals surface area contributed by atoms with E-state index < -0.39 is 30.9 Å². The number of halogens is 10. The Hall–Kier alpha value is -4.07. The summed E-state index contributed by atoms with van der Waals surface area (Å²) < 4.78 is 76.1. The monoisotopic (exact) mass is 903 g/mol. The van der Waals surface area contributed by atoms with Gasteiger partial charge in [-0.05, 0) is 85.4 Å². The molecule has 0 radical (unpaired) electrons. The Morgan fingerprint density at radius 1 is 0.623 bits per heavy atom. The molecule has 5 heterocycles. The molecule has 276 valence electrons. The van der Waals surface area contributed by atoms with E-state index in [0.717, 1.165) is 15.6 Å². The number of hydrogen-bond acceptors (Lipinski definition) is 9. The van der Waals surface area contributed by atoms with E-state index in [4.69, 9.17) is 44.7 Å². The van der Waals surface area contributed by atoms with E-state index in [1.54, 1.807) is 72.9 Å². The Kier molecular flexibility index (Phi) is 14.0. The number of hydrogen-bond donors (Lipinski definition) is 4. The average Bonchev–Trinajstić information content (AvgIpc) is 3.73. The van der Waals surface area contributed by atoms with Crippen molar-refractivity contribution in [3.63, 3.8) is 0 Å². The number of aromatic nitrogens is 3. The Morgan fingerprint density at radius 3 is 1.55 bits per heavy atom. The highest BCUT2D eigenvalue weighted by Gasteiger charge is 2.39. The molecule has 9 nitrogen and oxygen atoms in total. The van der Waals surface area contributed by atoms with Gasteiger partial charge in [0.25, 0.3) is 0 Å². The molecule has 3 aromatic heterocycles. The van der Waals surface area contributed by atoms with Gasteiger partial charge in [-0.2, -0.15) is 26.3 Å². The number of nitrogens with zero attached hydrogens (tertiary/aromatic N) is 5. The number of anilines is 2. The van der Waals surface area contributed by atoms with Gasteiger partial charge in [-0.15, -0.1) is 0 Å². The molecule has 0 atom stereocenters. The number of rotatable bonds is 2. The van der Waals surface area contributed by atoms with Gasteiger partial charge in [0, 0.05) is 67.1 Å². The van der Waals surface area contributed by atoms with E-state index in [1.165, 1.54) is 12.4 Å². The van der Waals surface area contributed by atoms with Crippen molar-refractivity contribution < 1.29 is 36.4 Å². The molecule has 0 bridgehead atoms. The molecule has 0 amide bonds. The predicted molar refractivity (Wildman–Crippen MR) is 202 cm³/mol. The molecule has 2 aromatic carbocycles. The highest BCUT2D eigenvalue weighted by atomic mass is 79.9. The first-order valence-electron chi connectivity index (χ1n) is 14.8. The zero-order chi connectivity index (χ0) is 39.1. The molecule has 2 aliphatic rings. The molecule has 0 saturated carbocycles. The van der Waals surface area contributed by atoms with Crippen molar-refractivity contribution in [3.8, 4) is 11.1 Å². The van der Waals surface area contributed by atoms with Crippen LogP contribution >= 0.6 is 55.1 Å². The average molecular weight is 906 g/mol. The number of nitrogens with two attached hydrogens (primary N) is 2. The lowest BCUT2D eigenvalue weighted by molar-refractivity contribution is -0.0605. The Labute approximate surface area is 325 Å². The summed E-state index contributed by atoms with van der Waals surface area (Å²) in [4.78, 5) is 18.5. The summed E-state index contributed by atoms with van der Waals surface area (Å²) in [6.45, 7) is 0. The van der Waals surface area contributed by atoms with Crippen LogP contribution in [0.25, 0.3) is 11.1 Å². The van der Waals surface area contributed by atoms with Crippen LogP contribution in [0, 0.1) is 0 Å². The van der Waals surface area contributed by atoms with Gasteiger partial charge in [0.15, 0.2) is 11.6 Å². The van der Waals surface area contributed by atoms with Gasteiger partial charge in [0.05, 0.1) is 5.69 Å². The van der Waals surface area contributed by atoms with E-state index in [0.29, 0.717) is 42.6 Å². The van der Waals surface area contributed by atoms with E-state index >= 15 is 0 Å². The van der Waals surface area contributed by atoms with Crippen molar-refractivity contribution in [3.05, 3.63) is 115 Å². The summed E-state index contributed by atoms with van der Waals surface area (Å²) in [7, 11) is -1.41. The van der Waals surface area contributed by atoms with Gasteiger partial charge in [-0.25, -0.2) is 24.9 Å². The molecule has 20 heteroatoms. The lowest BCUT2D eigenvalue weighted by Gasteiger charge is -2.05. The number of pyridine rings is 3. The van der Waals surface area contributed by atoms with Crippen LogP contribution in [0.3, 0.4) is 0 Å². The predicted octanol–water partition coefficient (Wildman–Crippen LogP) is 8.66. The Balaban J connectivity index is 0.000000167. The van der Waals surface area contributed by atoms with Crippen molar-refractivity contribution in [2.24, 2.45) is 9.98 Å².